The number of nitrogens with one attached hydrogen (secondary N) is 1. The SMILES string of the molecule is CCOC(=O)C1CCC(NC(=O)c2cc(N)c(C)s2)CC1. The normalized spacial score (nSPS) is 21.8. The smallest absolute Gasteiger partial charge is 0.308 e. The third kappa shape index (κ3) is 3.97. The Hall–Kier alpha value is -1.56. The van der Waals surface area contributed by atoms with Crippen LogP contribution in [0.15, 0.2) is 6.07 Å². The van der Waals surface area contributed by atoms with Gasteiger partial charge in [0.05, 0.1) is 17.4 Å². The van der Waals surface area contributed by atoms with Gasteiger partial charge in [-0.15, -0.1) is 11.3 Å². The van der Waals surface area contributed by atoms with Crippen molar-refractivity contribution < 1.29 is 14.3 Å². The van der Waals surface area contributed by atoms with Crippen LogP contribution in [0, 0.1) is 12.8 Å². The summed E-state index contributed by atoms with van der Waals surface area (Å²) >= 11 is 1.41. The summed E-state index contributed by atoms with van der Waals surface area (Å²) in [6, 6.07) is 1.85. The molecule has 1 aromatic heterocycles. The van der Waals surface area contributed by atoms with E-state index >= 15 is 0 Å². The van der Waals surface area contributed by atoms with Crippen molar-refractivity contribution >= 4 is 28.9 Å². The van der Waals surface area contributed by atoms with Crippen LogP contribution in [-0.2, 0) is 9.53 Å². The molecule has 0 spiro atoms. The minimum atomic E-state index is -0.107. The predicted octanol–water partition coefficient (Wildman–Crippen LogP) is 2.49. The highest BCUT2D eigenvalue weighted by atomic mass is 32.1. The largest absolute Gasteiger partial charge is 0.466 e. The first kappa shape index (κ1) is 15.8. The summed E-state index contributed by atoms with van der Waals surface area (Å²) in [5.41, 5.74) is 6.43. The maximum atomic E-state index is 12.1. The lowest BCUT2D eigenvalue weighted by atomic mass is 9.86. The Bertz CT molecular complexity index is 499. The Kier molecular flexibility index (Phi) is 5.22. The minimum absolute atomic E-state index is 0.0160. The van der Waals surface area contributed by atoms with Crippen LogP contribution in [0.2, 0.25) is 0 Å². The highest BCUT2D eigenvalue weighted by Crippen LogP contribution is 2.27. The van der Waals surface area contributed by atoms with E-state index in [1.165, 1.54) is 11.3 Å². The quantitative estimate of drug-likeness (QED) is 0.837. The van der Waals surface area contributed by atoms with Crippen LogP contribution in [0.3, 0.4) is 0 Å². The van der Waals surface area contributed by atoms with Crippen molar-refractivity contribution in [3.63, 3.8) is 0 Å². The Morgan fingerprint density at radius 2 is 2.05 bits per heavy atom. The molecule has 5 nitrogen and oxygen atoms in total. The van der Waals surface area contributed by atoms with Crippen LogP contribution >= 0.6 is 11.3 Å². The summed E-state index contributed by atoms with van der Waals surface area (Å²) in [4.78, 5) is 25.4. The van der Waals surface area contributed by atoms with E-state index in [9.17, 15) is 9.59 Å². The second-order valence-corrected chi connectivity index (χ2v) is 6.65. The monoisotopic (exact) mass is 310 g/mol. The van der Waals surface area contributed by atoms with Crippen molar-refractivity contribution in [1.82, 2.24) is 5.32 Å². The number of nitrogen functional groups attached to an aromatic ring is 1. The third-order valence-corrected chi connectivity index (χ3v) is 4.93. The summed E-state index contributed by atoms with van der Waals surface area (Å²) in [6.45, 7) is 4.15. The summed E-state index contributed by atoms with van der Waals surface area (Å²) in [5, 5.41) is 3.03. The van der Waals surface area contributed by atoms with E-state index in [1.807, 2.05) is 13.8 Å². The molecule has 1 amide bonds. The number of aryl methyl sites for hydroxylation is 1. The molecular weight excluding hydrogens is 288 g/mol. The highest BCUT2D eigenvalue weighted by Gasteiger charge is 2.28. The molecule has 6 heteroatoms. The molecule has 2 rings (SSSR count). The molecule has 1 aliphatic carbocycles. The Morgan fingerprint density at radius 1 is 1.38 bits per heavy atom. The van der Waals surface area contributed by atoms with Crippen molar-refractivity contribution in [2.24, 2.45) is 5.92 Å². The molecule has 3 N–H and O–H groups in total. The van der Waals surface area contributed by atoms with Gasteiger partial charge in [0.25, 0.3) is 5.91 Å². The number of thiophene rings is 1. The minimum Gasteiger partial charge on any atom is -0.466 e. The molecule has 1 aromatic rings. The molecule has 1 fully saturated rings. The molecule has 0 bridgehead atoms. The Balaban J connectivity index is 1.83. The number of ether oxygens (including phenoxy) is 1. The van der Waals surface area contributed by atoms with Gasteiger partial charge in [0.2, 0.25) is 0 Å². The first-order chi connectivity index (χ1) is 10.0. The lowest BCUT2D eigenvalue weighted by Gasteiger charge is -2.27. The fourth-order valence-electron chi connectivity index (χ4n) is 2.60. The second kappa shape index (κ2) is 6.93. The molecule has 1 heterocycles. The van der Waals surface area contributed by atoms with Crippen LogP contribution in [-0.4, -0.2) is 24.5 Å². The zero-order chi connectivity index (χ0) is 15.4. The average molecular weight is 310 g/mol. The number of carbonyl (C=O) groups excluding carboxylic acids is 2. The average Bonchev–Trinajstić information content (AvgIpc) is 2.80. The Morgan fingerprint density at radius 3 is 2.57 bits per heavy atom. The van der Waals surface area contributed by atoms with Gasteiger partial charge in [-0.1, -0.05) is 0 Å². The summed E-state index contributed by atoms with van der Waals surface area (Å²) in [5.74, 6) is -0.193. The van der Waals surface area contributed by atoms with Crippen molar-refractivity contribution in [1.29, 1.82) is 0 Å². The third-order valence-electron chi connectivity index (χ3n) is 3.86. The van der Waals surface area contributed by atoms with Gasteiger partial charge in [-0.05, 0) is 45.6 Å². The number of anilines is 1. The Labute approximate surface area is 128 Å². The zero-order valence-corrected chi connectivity index (χ0v) is 13.3. The molecular formula is C15H22N2O3S. The zero-order valence-electron chi connectivity index (χ0n) is 12.5. The molecule has 0 unspecified atom stereocenters. The fourth-order valence-corrected chi connectivity index (χ4v) is 3.44. The van der Waals surface area contributed by atoms with Gasteiger partial charge >= 0.3 is 5.97 Å². The molecule has 0 radical (unpaired) electrons. The molecule has 0 aromatic carbocycles. The number of hydrogen-bond acceptors (Lipinski definition) is 5. The van der Waals surface area contributed by atoms with Gasteiger partial charge in [-0.3, -0.25) is 9.59 Å². The van der Waals surface area contributed by atoms with Gasteiger partial charge in [-0.25, -0.2) is 0 Å². The van der Waals surface area contributed by atoms with Gasteiger partial charge in [-0.2, -0.15) is 0 Å². The van der Waals surface area contributed by atoms with Crippen LogP contribution in [0.1, 0.15) is 47.2 Å². The first-order valence-corrected chi connectivity index (χ1v) is 8.16. The molecule has 0 aliphatic heterocycles. The number of hydrogen-bond donors (Lipinski definition) is 2. The number of nitrogens with two attached hydrogens (primary N) is 1. The number of carbonyl (C=O) groups is 2. The van der Waals surface area contributed by atoms with Gasteiger partial charge in [0, 0.05) is 16.6 Å². The second-order valence-electron chi connectivity index (χ2n) is 5.40. The summed E-state index contributed by atoms with van der Waals surface area (Å²) < 4.78 is 5.04. The predicted molar refractivity (Wildman–Crippen MR) is 83.3 cm³/mol. The van der Waals surface area contributed by atoms with Crippen LogP contribution < -0.4 is 11.1 Å². The molecule has 116 valence electrons. The highest BCUT2D eigenvalue weighted by molar-refractivity contribution is 7.14. The topological polar surface area (TPSA) is 81.4 Å². The van der Waals surface area contributed by atoms with E-state index in [2.05, 4.69) is 5.32 Å². The van der Waals surface area contributed by atoms with Crippen molar-refractivity contribution in [2.75, 3.05) is 12.3 Å². The molecule has 1 aliphatic rings. The van der Waals surface area contributed by atoms with Crippen molar-refractivity contribution in [2.45, 2.75) is 45.6 Å². The van der Waals surface area contributed by atoms with E-state index < -0.39 is 0 Å². The summed E-state index contributed by atoms with van der Waals surface area (Å²) in [7, 11) is 0. The van der Waals surface area contributed by atoms with Gasteiger partial charge < -0.3 is 15.8 Å². The number of esters is 1. The maximum absolute atomic E-state index is 12.1. The van der Waals surface area contributed by atoms with E-state index in [0.717, 1.165) is 30.6 Å². The molecule has 21 heavy (non-hydrogen) atoms. The van der Waals surface area contributed by atoms with Gasteiger partial charge in [0.1, 0.15) is 0 Å². The van der Waals surface area contributed by atoms with Crippen molar-refractivity contribution in [3.05, 3.63) is 15.8 Å². The maximum Gasteiger partial charge on any atom is 0.308 e. The lowest BCUT2D eigenvalue weighted by Crippen LogP contribution is -2.38. The van der Waals surface area contributed by atoms with E-state index in [-0.39, 0.29) is 23.8 Å². The molecule has 0 atom stereocenters. The van der Waals surface area contributed by atoms with Crippen molar-refractivity contribution in [3.8, 4) is 0 Å². The van der Waals surface area contributed by atoms with E-state index in [0.29, 0.717) is 17.2 Å². The van der Waals surface area contributed by atoms with Crippen LogP contribution in [0.25, 0.3) is 0 Å². The number of amides is 1. The fraction of sp³-hybridized carbons (Fsp3) is 0.600. The number of rotatable bonds is 4. The first-order valence-electron chi connectivity index (χ1n) is 7.34. The van der Waals surface area contributed by atoms with E-state index in [1.54, 1.807) is 6.07 Å². The standard InChI is InChI=1S/C15H22N2O3S/c1-3-20-15(19)10-4-6-11(7-5-10)17-14(18)13-8-12(16)9(2)21-13/h8,10-11H,3-7,16H2,1-2H3,(H,17,18). The summed E-state index contributed by atoms with van der Waals surface area (Å²) in [6.07, 6.45) is 3.18. The van der Waals surface area contributed by atoms with Gasteiger partial charge in [0.15, 0.2) is 0 Å². The lowest BCUT2D eigenvalue weighted by molar-refractivity contribution is -0.149. The molecule has 1 saturated carbocycles. The van der Waals surface area contributed by atoms with Crippen LogP contribution in [0.4, 0.5) is 5.69 Å². The molecule has 0 saturated heterocycles. The van der Waals surface area contributed by atoms with Crippen LogP contribution in [0.5, 0.6) is 0 Å². The van der Waals surface area contributed by atoms with E-state index in [4.69, 9.17) is 10.5 Å².